The van der Waals surface area contributed by atoms with Crippen LogP contribution in [0.1, 0.15) is 27.7 Å². The van der Waals surface area contributed by atoms with Crippen molar-refractivity contribution in [2.45, 2.75) is 27.7 Å². The van der Waals surface area contributed by atoms with Gasteiger partial charge in [0.2, 0.25) is 0 Å². The summed E-state index contributed by atoms with van der Waals surface area (Å²) < 4.78 is 0. The highest BCUT2D eigenvalue weighted by Gasteiger charge is 2.06. The van der Waals surface area contributed by atoms with Crippen LogP contribution in [0.2, 0.25) is 0 Å². The second kappa shape index (κ2) is 9.11. The minimum atomic E-state index is -0.741. The average molecular weight is 218 g/mol. The van der Waals surface area contributed by atoms with Gasteiger partial charge in [0.1, 0.15) is 0 Å². The lowest BCUT2D eigenvalue weighted by Gasteiger charge is -1.96. The Labute approximate surface area is 89.3 Å². The number of rotatable bonds is 3. The van der Waals surface area contributed by atoms with Gasteiger partial charge < -0.3 is 5.11 Å². The molecule has 0 heterocycles. The molecule has 1 N–H and O–H groups in total. The van der Waals surface area contributed by atoms with Gasteiger partial charge >= 0.3 is 11.9 Å². The van der Waals surface area contributed by atoms with Crippen molar-refractivity contribution < 1.29 is 19.5 Å². The molecule has 0 aromatic rings. The summed E-state index contributed by atoms with van der Waals surface area (Å²) in [5.74, 6) is -1.48. The standard InChI is InChI=1S/C5H10N2O2.C4H8O2/c1-4(2)5(8)9-7-6-3;1-3(2)4(5)6/h4H,1-3H3;3H,1-2H3,(H,5,6). The molecule has 0 saturated carbocycles. The lowest BCUT2D eigenvalue weighted by Crippen LogP contribution is -2.07. The molecular formula is C9H18N2O4. The Balaban J connectivity index is 0. The number of hydrogen-bond donors (Lipinski definition) is 1. The summed E-state index contributed by atoms with van der Waals surface area (Å²) >= 11 is 0. The summed E-state index contributed by atoms with van der Waals surface area (Å²) in [7, 11) is 1.44. The molecule has 0 aliphatic rings. The largest absolute Gasteiger partial charge is 0.481 e. The molecule has 0 radical (unpaired) electrons. The van der Waals surface area contributed by atoms with Gasteiger partial charge in [-0.15, -0.1) is 0 Å². The molecule has 0 fully saturated rings. The molecule has 0 atom stereocenters. The molecule has 0 unspecified atom stereocenters. The van der Waals surface area contributed by atoms with Crippen LogP contribution < -0.4 is 0 Å². The Bertz CT molecular complexity index is 224. The molecule has 0 saturated heterocycles. The van der Waals surface area contributed by atoms with Crippen LogP contribution in [-0.2, 0) is 14.4 Å². The summed E-state index contributed by atoms with van der Waals surface area (Å²) in [4.78, 5) is 24.5. The van der Waals surface area contributed by atoms with Crippen molar-refractivity contribution in [3.8, 4) is 0 Å². The minimum Gasteiger partial charge on any atom is -0.481 e. The zero-order valence-corrected chi connectivity index (χ0v) is 9.72. The van der Waals surface area contributed by atoms with Crippen molar-refractivity contribution in [3.05, 3.63) is 0 Å². The fraction of sp³-hybridized carbons (Fsp3) is 0.778. The number of carbonyl (C=O) groups is 2. The van der Waals surface area contributed by atoms with Crippen molar-refractivity contribution in [1.29, 1.82) is 0 Å². The van der Waals surface area contributed by atoms with Crippen molar-refractivity contribution in [1.82, 2.24) is 0 Å². The highest BCUT2D eigenvalue weighted by atomic mass is 16.7. The van der Waals surface area contributed by atoms with E-state index in [0.717, 1.165) is 0 Å². The first kappa shape index (κ1) is 16.0. The lowest BCUT2D eigenvalue weighted by atomic mass is 10.2. The molecule has 0 amide bonds. The third-order valence-corrected chi connectivity index (χ3v) is 1.18. The first-order valence-corrected chi connectivity index (χ1v) is 4.55. The van der Waals surface area contributed by atoms with E-state index in [1.54, 1.807) is 27.7 Å². The zero-order valence-electron chi connectivity index (χ0n) is 9.72. The summed E-state index contributed by atoms with van der Waals surface area (Å²) in [5, 5.41) is 14.3. The van der Waals surface area contributed by atoms with E-state index in [9.17, 15) is 9.59 Å². The van der Waals surface area contributed by atoms with Gasteiger partial charge in [0.15, 0.2) is 0 Å². The molecule has 88 valence electrons. The van der Waals surface area contributed by atoms with Gasteiger partial charge in [-0.05, 0) is 0 Å². The highest BCUT2D eigenvalue weighted by molar-refractivity contribution is 5.71. The first-order valence-electron chi connectivity index (χ1n) is 4.55. The van der Waals surface area contributed by atoms with E-state index < -0.39 is 5.97 Å². The van der Waals surface area contributed by atoms with Gasteiger partial charge in [-0.2, -0.15) is 5.11 Å². The highest BCUT2D eigenvalue weighted by Crippen LogP contribution is 1.95. The molecule has 15 heavy (non-hydrogen) atoms. The molecule has 6 nitrogen and oxygen atoms in total. The predicted molar refractivity (Wildman–Crippen MR) is 54.2 cm³/mol. The van der Waals surface area contributed by atoms with Gasteiger partial charge in [0.05, 0.1) is 18.9 Å². The Kier molecular flexibility index (Phi) is 9.71. The number of hydrogen-bond acceptors (Lipinski definition) is 5. The molecular weight excluding hydrogens is 200 g/mol. The van der Waals surface area contributed by atoms with Gasteiger partial charge in [0.25, 0.3) is 0 Å². The van der Waals surface area contributed by atoms with Crippen molar-refractivity contribution >= 4 is 11.9 Å². The maximum Gasteiger partial charge on any atom is 0.339 e. The average Bonchev–Trinajstić information content (AvgIpc) is 2.14. The second-order valence-electron chi connectivity index (χ2n) is 3.34. The normalized spacial score (nSPS) is 10.1. The van der Waals surface area contributed by atoms with E-state index in [2.05, 4.69) is 15.2 Å². The minimum absolute atomic E-state index is 0.143. The molecule has 6 heteroatoms. The van der Waals surface area contributed by atoms with E-state index in [4.69, 9.17) is 5.11 Å². The van der Waals surface area contributed by atoms with E-state index >= 15 is 0 Å². The lowest BCUT2D eigenvalue weighted by molar-refractivity contribution is -0.148. The number of carbonyl (C=O) groups excluding carboxylic acids is 1. The maximum atomic E-state index is 10.5. The van der Waals surface area contributed by atoms with E-state index in [0.29, 0.717) is 0 Å². The van der Waals surface area contributed by atoms with E-state index in [-0.39, 0.29) is 17.8 Å². The molecule has 0 rings (SSSR count). The Morgan fingerprint density at radius 1 is 1.13 bits per heavy atom. The van der Waals surface area contributed by atoms with Crippen LogP contribution in [0.4, 0.5) is 0 Å². The fourth-order valence-electron chi connectivity index (χ4n) is 0.186. The van der Waals surface area contributed by atoms with E-state index in [1.165, 1.54) is 7.05 Å². The first-order chi connectivity index (χ1) is 6.82. The van der Waals surface area contributed by atoms with Gasteiger partial charge in [-0.25, -0.2) is 4.79 Å². The molecule has 0 aliphatic heterocycles. The monoisotopic (exact) mass is 218 g/mol. The zero-order chi connectivity index (χ0) is 12.4. The fourth-order valence-corrected chi connectivity index (χ4v) is 0.186. The number of carboxylic acid groups (broad SMARTS) is 1. The van der Waals surface area contributed by atoms with Crippen LogP contribution in [0.3, 0.4) is 0 Å². The summed E-state index contributed by atoms with van der Waals surface area (Å²) in [5.41, 5.74) is 0. The number of carboxylic acids is 1. The topological polar surface area (TPSA) is 88.3 Å². The Hall–Kier alpha value is -1.46. The van der Waals surface area contributed by atoms with E-state index in [1.807, 2.05) is 0 Å². The number of aliphatic carboxylic acids is 1. The summed E-state index contributed by atoms with van der Waals surface area (Å²) in [6, 6.07) is 0. The maximum absolute atomic E-state index is 10.5. The van der Waals surface area contributed by atoms with Gasteiger partial charge in [-0.1, -0.05) is 27.7 Å². The second-order valence-corrected chi connectivity index (χ2v) is 3.34. The summed E-state index contributed by atoms with van der Waals surface area (Å²) in [6.45, 7) is 6.74. The predicted octanol–water partition coefficient (Wildman–Crippen LogP) is 1.91. The van der Waals surface area contributed by atoms with Crippen LogP contribution in [0, 0.1) is 11.8 Å². The molecule has 0 bridgehead atoms. The van der Waals surface area contributed by atoms with Gasteiger partial charge in [-0.3, -0.25) is 9.63 Å². The molecule has 0 aromatic heterocycles. The molecule has 0 aliphatic carbocycles. The van der Waals surface area contributed by atoms with Gasteiger partial charge in [0, 0.05) is 5.28 Å². The van der Waals surface area contributed by atoms with Crippen LogP contribution in [0.5, 0.6) is 0 Å². The molecule has 0 spiro atoms. The smallest absolute Gasteiger partial charge is 0.339 e. The quantitative estimate of drug-likeness (QED) is 0.578. The Morgan fingerprint density at radius 3 is 1.73 bits per heavy atom. The molecule has 0 aromatic carbocycles. The SMILES string of the molecule is CC(C)C(=O)O.CN=NOC(=O)C(C)C. The third-order valence-electron chi connectivity index (χ3n) is 1.18. The van der Waals surface area contributed by atoms with Crippen LogP contribution in [-0.4, -0.2) is 24.1 Å². The van der Waals surface area contributed by atoms with Crippen LogP contribution in [0.25, 0.3) is 0 Å². The van der Waals surface area contributed by atoms with Crippen molar-refractivity contribution in [3.63, 3.8) is 0 Å². The third kappa shape index (κ3) is 12.5. The van der Waals surface area contributed by atoms with Crippen molar-refractivity contribution in [2.24, 2.45) is 22.2 Å². The Morgan fingerprint density at radius 2 is 1.53 bits per heavy atom. The summed E-state index contributed by atoms with van der Waals surface area (Å²) in [6.07, 6.45) is 0. The van der Waals surface area contributed by atoms with Crippen molar-refractivity contribution in [2.75, 3.05) is 7.05 Å². The van der Waals surface area contributed by atoms with Crippen LogP contribution >= 0.6 is 0 Å². The number of nitrogens with zero attached hydrogens (tertiary/aromatic N) is 2. The van der Waals surface area contributed by atoms with Crippen LogP contribution in [0.15, 0.2) is 10.4 Å².